The number of nitrogen functional groups attached to an aromatic ring is 1. The van der Waals surface area contributed by atoms with E-state index < -0.39 is 17.9 Å². The third kappa shape index (κ3) is 4.32. The van der Waals surface area contributed by atoms with Crippen LogP contribution in [0.25, 0.3) is 11.2 Å². The van der Waals surface area contributed by atoms with E-state index in [0.29, 0.717) is 18.4 Å². The van der Waals surface area contributed by atoms with Crippen LogP contribution in [0.4, 0.5) is 10.2 Å². The van der Waals surface area contributed by atoms with Gasteiger partial charge >= 0.3 is 12.0 Å². The van der Waals surface area contributed by atoms with Gasteiger partial charge in [-0.05, 0) is 25.7 Å². The molecule has 0 aromatic carbocycles. The zero-order valence-corrected chi connectivity index (χ0v) is 16.7. The maximum Gasteiger partial charge on any atom is 0.312 e. The summed E-state index contributed by atoms with van der Waals surface area (Å²) in [4.78, 5) is 23.9. The van der Waals surface area contributed by atoms with Crippen molar-refractivity contribution < 1.29 is 18.7 Å². The number of hydrogen-bond donors (Lipinski definition) is 1. The van der Waals surface area contributed by atoms with Gasteiger partial charge in [0.1, 0.15) is 12.8 Å². The van der Waals surface area contributed by atoms with Gasteiger partial charge < -0.3 is 15.2 Å². The molecule has 29 heavy (non-hydrogen) atoms. The molecule has 0 bridgehead atoms. The molecule has 1 fully saturated rings. The molecule has 2 aromatic rings. The minimum atomic E-state index is -1.04. The lowest BCUT2D eigenvalue weighted by Gasteiger charge is -2.25. The van der Waals surface area contributed by atoms with Crippen molar-refractivity contribution in [2.45, 2.75) is 64.2 Å². The summed E-state index contributed by atoms with van der Waals surface area (Å²) in [5.74, 6) is 2.22. The summed E-state index contributed by atoms with van der Waals surface area (Å²) in [5, 5.41) is 0. The number of imidazole rings is 1. The van der Waals surface area contributed by atoms with Crippen LogP contribution >= 0.6 is 0 Å². The predicted octanol–water partition coefficient (Wildman–Crippen LogP) is 2.99. The first-order valence-corrected chi connectivity index (χ1v) is 9.90. The van der Waals surface area contributed by atoms with Crippen molar-refractivity contribution in [3.63, 3.8) is 0 Å². The number of nitrogens with two attached hydrogens (primary N) is 1. The largest absolute Gasteiger partial charge is 0.461 e. The second-order valence-electron chi connectivity index (χ2n) is 7.33. The Bertz CT molecular complexity index is 919. The van der Waals surface area contributed by atoms with Gasteiger partial charge in [0.2, 0.25) is 0 Å². The summed E-state index contributed by atoms with van der Waals surface area (Å²) in [7, 11) is 0. The lowest BCUT2D eigenvalue weighted by molar-refractivity contribution is -0.157. The van der Waals surface area contributed by atoms with Gasteiger partial charge in [-0.25, -0.2) is 4.98 Å². The van der Waals surface area contributed by atoms with E-state index in [4.69, 9.17) is 21.6 Å². The van der Waals surface area contributed by atoms with Crippen molar-refractivity contribution in [1.82, 2.24) is 19.5 Å². The van der Waals surface area contributed by atoms with Crippen molar-refractivity contribution in [2.75, 3.05) is 12.3 Å². The van der Waals surface area contributed by atoms with Gasteiger partial charge in [0.05, 0.1) is 12.2 Å². The molecule has 1 aliphatic heterocycles. The van der Waals surface area contributed by atoms with E-state index in [0.717, 1.165) is 25.7 Å². The maximum atomic E-state index is 13.6. The quantitative estimate of drug-likeness (QED) is 0.410. The Balaban J connectivity index is 1.72. The molecule has 3 rings (SSSR count). The number of halogens is 1. The molecule has 1 saturated heterocycles. The number of nitrogens with zero attached hydrogens (tertiary/aromatic N) is 4. The molecule has 0 radical (unpaired) electrons. The minimum Gasteiger partial charge on any atom is -0.461 e. The maximum absolute atomic E-state index is 13.6. The number of ether oxygens (including phenoxy) is 2. The van der Waals surface area contributed by atoms with Crippen LogP contribution in [-0.4, -0.2) is 37.7 Å². The first-order chi connectivity index (χ1) is 13.9. The van der Waals surface area contributed by atoms with E-state index in [1.54, 1.807) is 4.57 Å². The summed E-state index contributed by atoms with van der Waals surface area (Å²) >= 11 is 0. The highest BCUT2D eigenvalue weighted by Gasteiger charge is 2.42. The third-order valence-electron chi connectivity index (χ3n) is 5.21. The van der Waals surface area contributed by atoms with Gasteiger partial charge in [-0.15, -0.1) is 6.42 Å². The Hall–Kier alpha value is -2.73. The van der Waals surface area contributed by atoms with Crippen LogP contribution in [-0.2, 0) is 14.3 Å². The monoisotopic (exact) mass is 403 g/mol. The molecule has 1 aliphatic rings. The zero-order valence-electron chi connectivity index (χ0n) is 16.7. The van der Waals surface area contributed by atoms with E-state index in [1.165, 1.54) is 6.33 Å². The van der Waals surface area contributed by atoms with Gasteiger partial charge in [0, 0.05) is 0 Å². The van der Waals surface area contributed by atoms with E-state index >= 15 is 0 Å². The minimum absolute atomic E-state index is 0.0269. The number of hydrogen-bond acceptors (Lipinski definition) is 7. The highest BCUT2D eigenvalue weighted by molar-refractivity contribution is 5.81. The summed E-state index contributed by atoms with van der Waals surface area (Å²) < 4.78 is 26.8. The fourth-order valence-electron chi connectivity index (χ4n) is 3.69. The van der Waals surface area contributed by atoms with Crippen LogP contribution in [0.2, 0.25) is 0 Å². The van der Waals surface area contributed by atoms with Crippen LogP contribution in [0.3, 0.4) is 0 Å². The van der Waals surface area contributed by atoms with Crippen LogP contribution < -0.4 is 5.73 Å². The average molecular weight is 403 g/mol. The van der Waals surface area contributed by atoms with Crippen LogP contribution in [0.5, 0.6) is 0 Å². The van der Waals surface area contributed by atoms with E-state index in [-0.39, 0.29) is 30.0 Å². The number of aromatic nitrogens is 4. The molecule has 2 aromatic heterocycles. The van der Waals surface area contributed by atoms with Gasteiger partial charge in [-0.3, -0.25) is 9.36 Å². The SMILES string of the molecule is C#CC1(COC(=O)C(CCC)CCC)CCC(n2cnc3c(N)nc(F)nc32)O1. The van der Waals surface area contributed by atoms with Crippen LogP contribution in [0, 0.1) is 24.3 Å². The zero-order chi connectivity index (χ0) is 21.0. The number of rotatable bonds is 8. The molecule has 8 nitrogen and oxygen atoms in total. The molecule has 3 heterocycles. The van der Waals surface area contributed by atoms with Gasteiger partial charge in [0.15, 0.2) is 22.6 Å². The Labute approximate surface area is 169 Å². The first kappa shape index (κ1) is 21.0. The standard InChI is InChI=1S/C20H26FN5O3/c1-4-7-13(8-5-2)18(27)28-11-20(6-3)10-9-14(29-20)26-12-23-15-16(22)24-19(21)25-17(15)26/h3,12-14H,4-5,7-11H2,1-2H3,(H2,22,24,25). The summed E-state index contributed by atoms with van der Waals surface area (Å²) in [5.41, 5.74) is 5.19. The molecule has 0 saturated carbocycles. The van der Waals surface area contributed by atoms with Gasteiger partial charge in [0.25, 0.3) is 0 Å². The van der Waals surface area contributed by atoms with E-state index in [1.807, 2.05) is 13.8 Å². The first-order valence-electron chi connectivity index (χ1n) is 9.90. The van der Waals surface area contributed by atoms with Gasteiger partial charge in [-0.1, -0.05) is 32.6 Å². The topological polar surface area (TPSA) is 105 Å². The summed E-state index contributed by atoms with van der Waals surface area (Å²) in [6.45, 7) is 4.05. The van der Waals surface area contributed by atoms with Crippen molar-refractivity contribution in [3.8, 4) is 12.3 Å². The van der Waals surface area contributed by atoms with Gasteiger partial charge in [-0.2, -0.15) is 14.4 Å². The molecular formula is C20H26FN5O3. The highest BCUT2D eigenvalue weighted by atomic mass is 19.1. The molecular weight excluding hydrogens is 377 g/mol. The Morgan fingerprint density at radius 2 is 2.21 bits per heavy atom. The summed E-state index contributed by atoms with van der Waals surface area (Å²) in [6.07, 6.45) is 10.1. The molecule has 2 unspecified atom stereocenters. The number of anilines is 1. The third-order valence-corrected chi connectivity index (χ3v) is 5.21. The normalized spacial score (nSPS) is 21.6. The van der Waals surface area contributed by atoms with Crippen LogP contribution in [0.15, 0.2) is 6.33 Å². The van der Waals surface area contributed by atoms with E-state index in [9.17, 15) is 9.18 Å². The fourth-order valence-corrected chi connectivity index (χ4v) is 3.69. The molecule has 156 valence electrons. The van der Waals surface area contributed by atoms with Crippen molar-refractivity contribution in [2.24, 2.45) is 5.92 Å². The molecule has 0 amide bonds. The summed E-state index contributed by atoms with van der Waals surface area (Å²) in [6, 6.07) is 0. The number of carbonyl (C=O) groups is 1. The molecule has 0 spiro atoms. The molecule has 9 heteroatoms. The smallest absolute Gasteiger partial charge is 0.312 e. The predicted molar refractivity (Wildman–Crippen MR) is 105 cm³/mol. The second-order valence-corrected chi connectivity index (χ2v) is 7.33. The molecule has 0 aliphatic carbocycles. The Kier molecular flexibility index (Phi) is 6.33. The number of terminal acetylenes is 1. The number of carbonyl (C=O) groups excluding carboxylic acids is 1. The second kappa shape index (κ2) is 8.74. The highest BCUT2D eigenvalue weighted by Crippen LogP contribution is 2.38. The molecule has 2 N–H and O–H groups in total. The van der Waals surface area contributed by atoms with Crippen molar-refractivity contribution in [1.29, 1.82) is 0 Å². The Morgan fingerprint density at radius 1 is 1.48 bits per heavy atom. The van der Waals surface area contributed by atoms with E-state index in [2.05, 4.69) is 20.9 Å². The van der Waals surface area contributed by atoms with Crippen LogP contribution in [0.1, 0.15) is 58.6 Å². The molecule has 2 atom stereocenters. The average Bonchev–Trinajstić information content (AvgIpc) is 3.31. The van der Waals surface area contributed by atoms with Crippen molar-refractivity contribution >= 4 is 23.0 Å². The Morgan fingerprint density at radius 3 is 2.86 bits per heavy atom. The number of esters is 1. The van der Waals surface area contributed by atoms with Crippen molar-refractivity contribution in [3.05, 3.63) is 12.4 Å². The lowest BCUT2D eigenvalue weighted by Crippen LogP contribution is -2.35. The number of fused-ring (bicyclic) bond motifs is 1. The fraction of sp³-hybridized carbons (Fsp3) is 0.600. The lowest BCUT2D eigenvalue weighted by atomic mass is 9.98.